The Morgan fingerprint density at radius 1 is 1.26 bits per heavy atom. The number of primary sulfonamides is 1. The molecule has 1 aromatic carbocycles. The van der Waals surface area contributed by atoms with Gasteiger partial charge in [-0.3, -0.25) is 0 Å². The number of sulfonamides is 1. The maximum Gasteiger partial charge on any atom is 0.273 e. The van der Waals surface area contributed by atoms with Crippen molar-refractivity contribution in [3.8, 4) is 0 Å². The highest BCUT2D eigenvalue weighted by molar-refractivity contribution is 7.89. The van der Waals surface area contributed by atoms with Crippen LogP contribution in [0.15, 0.2) is 23.4 Å². The van der Waals surface area contributed by atoms with E-state index in [1.807, 2.05) is 0 Å². The van der Waals surface area contributed by atoms with Crippen LogP contribution >= 0.6 is 0 Å². The van der Waals surface area contributed by atoms with Crippen molar-refractivity contribution < 1.29 is 17.2 Å². The van der Waals surface area contributed by atoms with Crippen LogP contribution in [0.4, 0.5) is 8.78 Å². The summed E-state index contributed by atoms with van der Waals surface area (Å²) >= 11 is 0. The van der Waals surface area contributed by atoms with Crippen molar-refractivity contribution in [2.24, 2.45) is 12.2 Å². The standard InChI is InChI=1S/C10H10F2N4O2S/c1-16-9(14-15-10(16)19(13,17)18)5-6-2-3-7(11)8(12)4-6/h2-4H,5H2,1H3,(H2,13,17,18). The molecule has 0 amide bonds. The maximum atomic E-state index is 13.0. The third kappa shape index (κ3) is 2.76. The van der Waals surface area contributed by atoms with Crippen LogP contribution in [-0.4, -0.2) is 23.2 Å². The molecule has 0 bridgehead atoms. The van der Waals surface area contributed by atoms with Crippen molar-refractivity contribution >= 4 is 10.0 Å². The lowest BCUT2D eigenvalue weighted by Gasteiger charge is -2.03. The minimum absolute atomic E-state index is 0.107. The zero-order valence-corrected chi connectivity index (χ0v) is 10.7. The summed E-state index contributed by atoms with van der Waals surface area (Å²) in [7, 11) is -2.54. The van der Waals surface area contributed by atoms with E-state index in [1.54, 1.807) is 0 Å². The van der Waals surface area contributed by atoms with Gasteiger partial charge in [0, 0.05) is 13.5 Å². The number of halogens is 2. The average Bonchev–Trinajstić information content (AvgIpc) is 2.65. The molecule has 0 unspecified atom stereocenters. The molecule has 0 saturated carbocycles. The average molecular weight is 288 g/mol. The summed E-state index contributed by atoms with van der Waals surface area (Å²) in [5, 5.41) is 11.7. The molecule has 1 aromatic heterocycles. The van der Waals surface area contributed by atoms with E-state index in [0.717, 1.165) is 12.1 Å². The second kappa shape index (κ2) is 4.67. The van der Waals surface area contributed by atoms with Crippen molar-refractivity contribution in [2.45, 2.75) is 11.6 Å². The maximum absolute atomic E-state index is 13.0. The lowest BCUT2D eigenvalue weighted by molar-refractivity contribution is 0.507. The monoisotopic (exact) mass is 288 g/mol. The third-order valence-corrected chi connectivity index (χ3v) is 3.39. The molecule has 2 N–H and O–H groups in total. The lowest BCUT2D eigenvalue weighted by atomic mass is 10.1. The second-order valence-corrected chi connectivity index (χ2v) is 5.38. The molecular formula is C10H10F2N4O2S. The van der Waals surface area contributed by atoms with E-state index >= 15 is 0 Å². The van der Waals surface area contributed by atoms with Crippen LogP contribution in [0.25, 0.3) is 0 Å². The Kier molecular flexibility index (Phi) is 3.33. The highest BCUT2D eigenvalue weighted by atomic mass is 32.2. The van der Waals surface area contributed by atoms with Gasteiger partial charge < -0.3 is 4.57 Å². The number of nitrogens with zero attached hydrogens (tertiary/aromatic N) is 3. The first-order valence-electron chi connectivity index (χ1n) is 5.14. The number of hydrogen-bond acceptors (Lipinski definition) is 4. The van der Waals surface area contributed by atoms with E-state index in [2.05, 4.69) is 10.2 Å². The smallest absolute Gasteiger partial charge is 0.273 e. The molecule has 19 heavy (non-hydrogen) atoms. The molecule has 0 aliphatic carbocycles. The third-order valence-electron chi connectivity index (χ3n) is 2.53. The molecule has 2 rings (SSSR count). The van der Waals surface area contributed by atoms with Crippen LogP contribution in [0.5, 0.6) is 0 Å². The van der Waals surface area contributed by atoms with Crippen LogP contribution in [0.3, 0.4) is 0 Å². The molecule has 0 aliphatic heterocycles. The number of rotatable bonds is 3. The van der Waals surface area contributed by atoms with Gasteiger partial charge in [-0.1, -0.05) is 6.07 Å². The fourth-order valence-corrected chi connectivity index (χ4v) is 2.22. The van der Waals surface area contributed by atoms with Crippen molar-refractivity contribution in [2.75, 3.05) is 0 Å². The zero-order chi connectivity index (χ0) is 14.2. The quantitative estimate of drug-likeness (QED) is 0.881. The lowest BCUT2D eigenvalue weighted by Crippen LogP contribution is -2.17. The van der Waals surface area contributed by atoms with E-state index < -0.39 is 21.7 Å². The Hall–Kier alpha value is -1.87. The Balaban J connectivity index is 2.34. The van der Waals surface area contributed by atoms with Crippen LogP contribution in [-0.2, 0) is 23.5 Å². The van der Waals surface area contributed by atoms with Gasteiger partial charge in [0.25, 0.3) is 15.2 Å². The van der Waals surface area contributed by atoms with E-state index in [-0.39, 0.29) is 17.4 Å². The molecule has 2 aromatic rings. The molecular weight excluding hydrogens is 278 g/mol. The summed E-state index contributed by atoms with van der Waals surface area (Å²) in [4.78, 5) is 0. The first-order chi connectivity index (χ1) is 8.79. The van der Waals surface area contributed by atoms with Gasteiger partial charge in [-0.05, 0) is 17.7 Å². The van der Waals surface area contributed by atoms with Crippen molar-refractivity contribution in [3.05, 3.63) is 41.2 Å². The molecule has 0 spiro atoms. The molecule has 1 heterocycles. The molecule has 0 aliphatic rings. The van der Waals surface area contributed by atoms with Crippen LogP contribution in [0.1, 0.15) is 11.4 Å². The van der Waals surface area contributed by atoms with E-state index in [1.165, 1.54) is 17.7 Å². The highest BCUT2D eigenvalue weighted by Gasteiger charge is 2.18. The molecule has 6 nitrogen and oxygen atoms in total. The summed E-state index contributed by atoms with van der Waals surface area (Å²) in [6.07, 6.45) is 0.107. The first-order valence-corrected chi connectivity index (χ1v) is 6.68. The highest BCUT2D eigenvalue weighted by Crippen LogP contribution is 2.13. The molecule has 0 radical (unpaired) electrons. The van der Waals surface area contributed by atoms with Crippen LogP contribution in [0, 0.1) is 11.6 Å². The number of aromatic nitrogens is 3. The Bertz CT molecular complexity index is 727. The summed E-state index contributed by atoms with van der Waals surface area (Å²) in [5.74, 6) is -1.66. The minimum Gasteiger partial charge on any atom is -0.304 e. The summed E-state index contributed by atoms with van der Waals surface area (Å²) < 4.78 is 49.3. The Morgan fingerprint density at radius 2 is 1.95 bits per heavy atom. The molecule has 0 fully saturated rings. The summed E-state index contributed by atoms with van der Waals surface area (Å²) in [5.41, 5.74) is 0.440. The fourth-order valence-electron chi connectivity index (χ4n) is 1.58. The van der Waals surface area contributed by atoms with Crippen LogP contribution < -0.4 is 5.14 Å². The molecule has 9 heteroatoms. The summed E-state index contributed by atoms with van der Waals surface area (Å²) in [6, 6.07) is 3.38. The predicted molar refractivity (Wildman–Crippen MR) is 61.5 cm³/mol. The van der Waals surface area contributed by atoms with Gasteiger partial charge in [-0.25, -0.2) is 22.3 Å². The van der Waals surface area contributed by atoms with Gasteiger partial charge in [0.15, 0.2) is 11.6 Å². The molecule has 102 valence electrons. The van der Waals surface area contributed by atoms with Crippen molar-refractivity contribution in [1.82, 2.24) is 14.8 Å². The Labute approximate surface area is 107 Å². The van der Waals surface area contributed by atoms with Crippen molar-refractivity contribution in [3.63, 3.8) is 0 Å². The summed E-state index contributed by atoms with van der Waals surface area (Å²) in [6.45, 7) is 0. The SMILES string of the molecule is Cn1c(Cc2ccc(F)c(F)c2)nnc1S(N)(=O)=O. The van der Waals surface area contributed by atoms with Gasteiger partial charge in [0.1, 0.15) is 5.82 Å². The minimum atomic E-state index is -3.96. The normalized spacial score (nSPS) is 11.8. The second-order valence-electron chi connectivity index (χ2n) is 3.93. The number of hydrogen-bond donors (Lipinski definition) is 1. The number of benzene rings is 1. The van der Waals surface area contributed by atoms with Crippen molar-refractivity contribution in [1.29, 1.82) is 0 Å². The first kappa shape index (κ1) is 13.6. The van der Waals surface area contributed by atoms with Gasteiger partial charge in [0.05, 0.1) is 0 Å². The Morgan fingerprint density at radius 3 is 2.47 bits per heavy atom. The van der Waals surface area contributed by atoms with Gasteiger partial charge in [-0.2, -0.15) is 0 Å². The van der Waals surface area contributed by atoms with Gasteiger partial charge in [-0.15, -0.1) is 10.2 Å². The van der Waals surface area contributed by atoms with Gasteiger partial charge >= 0.3 is 0 Å². The van der Waals surface area contributed by atoms with E-state index in [9.17, 15) is 17.2 Å². The van der Waals surface area contributed by atoms with Gasteiger partial charge in [0.2, 0.25) is 0 Å². The van der Waals surface area contributed by atoms with Crippen LogP contribution in [0.2, 0.25) is 0 Å². The predicted octanol–water partition coefficient (Wildman–Crippen LogP) is 0.332. The van der Waals surface area contributed by atoms with E-state index in [0.29, 0.717) is 5.56 Å². The topological polar surface area (TPSA) is 90.9 Å². The number of nitrogens with two attached hydrogens (primary N) is 1. The molecule has 0 atom stereocenters. The van der Waals surface area contributed by atoms with E-state index in [4.69, 9.17) is 5.14 Å². The fraction of sp³-hybridized carbons (Fsp3) is 0.200. The zero-order valence-electron chi connectivity index (χ0n) is 9.84. The molecule has 0 saturated heterocycles. The largest absolute Gasteiger partial charge is 0.304 e.